The first-order valence-electron chi connectivity index (χ1n) is 7.86. The van der Waals surface area contributed by atoms with Gasteiger partial charge in [-0.1, -0.05) is 6.58 Å². The largest absolute Gasteiger partial charge is 0.444 e. The molecule has 0 aromatic heterocycles. The third kappa shape index (κ3) is 7.52. The van der Waals surface area contributed by atoms with E-state index in [1.165, 1.54) is 17.0 Å². The van der Waals surface area contributed by atoms with Crippen molar-refractivity contribution in [2.45, 2.75) is 33.3 Å². The lowest BCUT2D eigenvalue weighted by molar-refractivity contribution is -0.140. The number of nitrogens with one attached hydrogen (secondary N) is 1. The average molecular weight is 348 g/mol. The fourth-order valence-corrected chi connectivity index (χ4v) is 1.82. The van der Waals surface area contributed by atoms with Crippen LogP contribution < -0.4 is 10.1 Å². The van der Waals surface area contributed by atoms with Gasteiger partial charge in [-0.25, -0.2) is 9.59 Å². The van der Waals surface area contributed by atoms with Crippen LogP contribution in [0.4, 0.5) is 10.5 Å². The smallest absolute Gasteiger partial charge is 0.412 e. The zero-order valence-corrected chi connectivity index (χ0v) is 15.0. The SMILES string of the molecule is C=CC(=O)N(CC)CC(=O)Oc1ccc(NC(=O)OC(C)(C)C)cc1. The normalized spacial score (nSPS) is 10.6. The van der Waals surface area contributed by atoms with Crippen LogP contribution in [0, 0.1) is 0 Å². The van der Waals surface area contributed by atoms with Gasteiger partial charge in [-0.3, -0.25) is 10.1 Å². The maximum Gasteiger partial charge on any atom is 0.412 e. The van der Waals surface area contributed by atoms with Crippen molar-refractivity contribution in [2.75, 3.05) is 18.4 Å². The number of nitrogens with zero attached hydrogens (tertiary/aromatic N) is 1. The molecule has 0 unspecified atom stereocenters. The summed E-state index contributed by atoms with van der Waals surface area (Å²) in [5.74, 6) is -0.594. The van der Waals surface area contributed by atoms with Gasteiger partial charge in [0, 0.05) is 12.2 Å². The number of ether oxygens (including phenoxy) is 2. The number of esters is 1. The fourth-order valence-electron chi connectivity index (χ4n) is 1.82. The van der Waals surface area contributed by atoms with Crippen LogP contribution in [-0.2, 0) is 14.3 Å². The quantitative estimate of drug-likeness (QED) is 0.485. The number of anilines is 1. The number of amides is 2. The number of hydrogen-bond donors (Lipinski definition) is 1. The second-order valence-electron chi connectivity index (χ2n) is 6.18. The van der Waals surface area contributed by atoms with Gasteiger partial charge in [-0.05, 0) is 58.0 Å². The predicted octanol–water partition coefficient (Wildman–Crippen LogP) is 2.97. The zero-order valence-electron chi connectivity index (χ0n) is 15.0. The summed E-state index contributed by atoms with van der Waals surface area (Å²) in [6.07, 6.45) is 0.576. The molecule has 2 amide bonds. The second-order valence-corrected chi connectivity index (χ2v) is 6.18. The summed E-state index contributed by atoms with van der Waals surface area (Å²) >= 11 is 0. The summed E-state index contributed by atoms with van der Waals surface area (Å²) in [7, 11) is 0. The Kier molecular flexibility index (Phi) is 7.17. The van der Waals surface area contributed by atoms with Gasteiger partial charge in [0.05, 0.1) is 0 Å². The van der Waals surface area contributed by atoms with E-state index in [0.29, 0.717) is 18.0 Å². The highest BCUT2D eigenvalue weighted by atomic mass is 16.6. The summed E-state index contributed by atoms with van der Waals surface area (Å²) in [6, 6.07) is 6.24. The summed E-state index contributed by atoms with van der Waals surface area (Å²) in [4.78, 5) is 36.4. The molecule has 7 nitrogen and oxygen atoms in total. The van der Waals surface area contributed by atoms with E-state index in [0.717, 1.165) is 6.08 Å². The molecule has 0 heterocycles. The van der Waals surface area contributed by atoms with E-state index >= 15 is 0 Å². The van der Waals surface area contributed by atoms with Crippen molar-refractivity contribution in [1.29, 1.82) is 0 Å². The first-order valence-corrected chi connectivity index (χ1v) is 7.86. The number of rotatable bonds is 6. The van der Waals surface area contributed by atoms with Gasteiger partial charge in [-0.2, -0.15) is 0 Å². The minimum atomic E-state index is -0.590. The van der Waals surface area contributed by atoms with Crippen LogP contribution in [0.3, 0.4) is 0 Å². The number of benzene rings is 1. The molecule has 7 heteroatoms. The third-order valence-corrected chi connectivity index (χ3v) is 2.92. The van der Waals surface area contributed by atoms with Crippen LogP contribution in [0.25, 0.3) is 0 Å². The van der Waals surface area contributed by atoms with Crippen molar-refractivity contribution in [3.05, 3.63) is 36.9 Å². The van der Waals surface area contributed by atoms with Crippen molar-refractivity contribution in [3.8, 4) is 5.75 Å². The fraction of sp³-hybridized carbons (Fsp3) is 0.389. The van der Waals surface area contributed by atoms with Gasteiger partial charge in [0.25, 0.3) is 0 Å². The van der Waals surface area contributed by atoms with Gasteiger partial charge < -0.3 is 14.4 Å². The molecule has 0 fully saturated rings. The Morgan fingerprint density at radius 3 is 2.28 bits per heavy atom. The van der Waals surface area contributed by atoms with E-state index in [4.69, 9.17) is 9.47 Å². The minimum absolute atomic E-state index is 0.167. The Balaban J connectivity index is 2.59. The van der Waals surface area contributed by atoms with Crippen molar-refractivity contribution in [2.24, 2.45) is 0 Å². The first kappa shape index (κ1) is 20.2. The van der Waals surface area contributed by atoms with Crippen LogP contribution in [-0.4, -0.2) is 41.6 Å². The highest BCUT2D eigenvalue weighted by Gasteiger charge is 2.17. The van der Waals surface area contributed by atoms with Crippen LogP contribution in [0.1, 0.15) is 27.7 Å². The Morgan fingerprint density at radius 2 is 1.80 bits per heavy atom. The highest BCUT2D eigenvalue weighted by molar-refractivity contribution is 5.90. The Morgan fingerprint density at radius 1 is 1.20 bits per heavy atom. The lowest BCUT2D eigenvalue weighted by atomic mass is 10.2. The van der Waals surface area contributed by atoms with Gasteiger partial charge in [0.1, 0.15) is 17.9 Å². The molecule has 0 radical (unpaired) electrons. The molecule has 0 aliphatic rings. The molecule has 0 bridgehead atoms. The molecular formula is C18H24N2O5. The molecule has 0 atom stereocenters. The van der Waals surface area contributed by atoms with Gasteiger partial charge in [0.15, 0.2) is 0 Å². The Bertz CT molecular complexity index is 632. The summed E-state index contributed by atoms with van der Waals surface area (Å²) in [6.45, 7) is 10.7. The van der Waals surface area contributed by atoms with E-state index in [-0.39, 0.29) is 12.5 Å². The zero-order chi connectivity index (χ0) is 19.0. The minimum Gasteiger partial charge on any atom is -0.444 e. The van der Waals surface area contributed by atoms with E-state index in [1.54, 1.807) is 39.8 Å². The molecule has 0 saturated carbocycles. The van der Waals surface area contributed by atoms with E-state index < -0.39 is 17.7 Å². The average Bonchev–Trinajstić information content (AvgIpc) is 2.52. The molecule has 1 rings (SSSR count). The molecule has 0 saturated heterocycles. The Hall–Kier alpha value is -2.83. The van der Waals surface area contributed by atoms with Gasteiger partial charge in [-0.15, -0.1) is 0 Å². The highest BCUT2D eigenvalue weighted by Crippen LogP contribution is 2.17. The van der Waals surface area contributed by atoms with Crippen LogP contribution in [0.5, 0.6) is 5.75 Å². The number of likely N-dealkylation sites (N-methyl/N-ethyl adjacent to an activating group) is 1. The molecule has 0 aliphatic carbocycles. The topological polar surface area (TPSA) is 84.9 Å². The summed E-state index contributed by atoms with van der Waals surface area (Å²) in [5, 5.41) is 2.58. The predicted molar refractivity (Wildman–Crippen MR) is 94.4 cm³/mol. The van der Waals surface area contributed by atoms with Crippen molar-refractivity contribution in [1.82, 2.24) is 4.90 Å². The van der Waals surface area contributed by atoms with Crippen LogP contribution >= 0.6 is 0 Å². The third-order valence-electron chi connectivity index (χ3n) is 2.92. The summed E-state index contributed by atoms with van der Waals surface area (Å²) in [5.41, 5.74) is -0.0841. The van der Waals surface area contributed by atoms with E-state index in [1.807, 2.05) is 0 Å². The van der Waals surface area contributed by atoms with Crippen LogP contribution in [0.15, 0.2) is 36.9 Å². The van der Waals surface area contributed by atoms with Gasteiger partial charge in [0.2, 0.25) is 5.91 Å². The summed E-state index contributed by atoms with van der Waals surface area (Å²) < 4.78 is 10.3. The molecular weight excluding hydrogens is 324 g/mol. The molecule has 0 spiro atoms. The molecule has 25 heavy (non-hydrogen) atoms. The number of carbonyl (C=O) groups excluding carboxylic acids is 3. The van der Waals surface area contributed by atoms with E-state index in [9.17, 15) is 14.4 Å². The lowest BCUT2D eigenvalue weighted by Crippen LogP contribution is -2.36. The monoisotopic (exact) mass is 348 g/mol. The number of carbonyl (C=O) groups is 3. The van der Waals surface area contributed by atoms with Crippen LogP contribution in [0.2, 0.25) is 0 Å². The lowest BCUT2D eigenvalue weighted by Gasteiger charge is -2.19. The Labute approximate surface area is 147 Å². The second kappa shape index (κ2) is 8.86. The molecule has 136 valence electrons. The standard InChI is InChI=1S/C18H24N2O5/c1-6-15(21)20(7-2)12-16(22)24-14-10-8-13(9-11-14)19-17(23)25-18(3,4)5/h6,8-11H,1,7,12H2,2-5H3,(H,19,23). The van der Waals surface area contributed by atoms with Crippen molar-refractivity contribution < 1.29 is 23.9 Å². The molecule has 1 N–H and O–H groups in total. The maximum atomic E-state index is 11.9. The molecule has 1 aromatic rings. The molecule has 1 aromatic carbocycles. The maximum absolute atomic E-state index is 11.9. The first-order chi connectivity index (χ1) is 11.6. The van der Waals surface area contributed by atoms with E-state index in [2.05, 4.69) is 11.9 Å². The number of hydrogen-bond acceptors (Lipinski definition) is 5. The molecule has 0 aliphatic heterocycles. The van der Waals surface area contributed by atoms with Crippen molar-refractivity contribution >= 4 is 23.7 Å². The van der Waals surface area contributed by atoms with Crippen molar-refractivity contribution in [3.63, 3.8) is 0 Å². The van der Waals surface area contributed by atoms with Gasteiger partial charge >= 0.3 is 12.1 Å².